The number of aliphatic hydroxyl groups is 2. The van der Waals surface area contributed by atoms with Gasteiger partial charge in [0.2, 0.25) is 0 Å². The number of aliphatic hydroxyl groups excluding tert-OH is 2. The predicted molar refractivity (Wildman–Crippen MR) is 83.5 cm³/mol. The maximum absolute atomic E-state index is 10.2. The van der Waals surface area contributed by atoms with Gasteiger partial charge in [0.25, 0.3) is 0 Å². The molecule has 1 aliphatic rings. The third kappa shape index (κ3) is 3.99. The number of rotatable bonds is 6. The van der Waals surface area contributed by atoms with Gasteiger partial charge in [0.1, 0.15) is 4.99 Å². The van der Waals surface area contributed by atoms with E-state index < -0.39 is 6.10 Å². The van der Waals surface area contributed by atoms with Crippen molar-refractivity contribution in [3.63, 3.8) is 0 Å². The van der Waals surface area contributed by atoms with Crippen LogP contribution in [-0.4, -0.2) is 46.3 Å². The third-order valence-electron chi connectivity index (χ3n) is 3.85. The van der Waals surface area contributed by atoms with Gasteiger partial charge in [-0.05, 0) is 31.4 Å². The first kappa shape index (κ1) is 15.4. The average Bonchev–Trinajstić information content (AvgIpc) is 2.37. The first-order valence-electron chi connectivity index (χ1n) is 6.90. The molecule has 0 heterocycles. The largest absolute Gasteiger partial charge is 0.393 e. The summed E-state index contributed by atoms with van der Waals surface area (Å²) in [6.07, 6.45) is 1.11. The van der Waals surface area contributed by atoms with E-state index in [0.29, 0.717) is 17.5 Å². The fourth-order valence-corrected chi connectivity index (χ4v) is 2.77. The lowest BCUT2D eigenvalue weighted by Crippen LogP contribution is -2.38. The maximum atomic E-state index is 10.2. The number of nitrogens with two attached hydrogens (primary N) is 1. The summed E-state index contributed by atoms with van der Waals surface area (Å²) in [5.74, 6) is 0.555. The molecule has 1 saturated carbocycles. The molecule has 0 amide bonds. The van der Waals surface area contributed by atoms with Gasteiger partial charge in [0.05, 0.1) is 12.2 Å². The standard InChI is InChI=1S/C15H22N2O2S/c1-17(8-10-6-13(18)7-10)9-14(19)11-2-4-12(5-3-11)15(16)20/h2-5,10,13-14,18-19H,6-9H2,1H3,(H2,16,20). The number of likely N-dealkylation sites (N-methyl/N-ethyl adjacent to an activating group) is 1. The second kappa shape index (κ2) is 6.63. The molecule has 110 valence electrons. The molecule has 0 aliphatic heterocycles. The van der Waals surface area contributed by atoms with Gasteiger partial charge in [0.15, 0.2) is 0 Å². The van der Waals surface area contributed by atoms with Gasteiger partial charge in [-0.2, -0.15) is 0 Å². The van der Waals surface area contributed by atoms with E-state index in [2.05, 4.69) is 4.90 Å². The quantitative estimate of drug-likeness (QED) is 0.684. The molecule has 1 aromatic carbocycles. The van der Waals surface area contributed by atoms with Crippen molar-refractivity contribution < 1.29 is 10.2 Å². The summed E-state index contributed by atoms with van der Waals surface area (Å²) in [4.78, 5) is 2.48. The topological polar surface area (TPSA) is 69.7 Å². The Morgan fingerprint density at radius 1 is 1.40 bits per heavy atom. The van der Waals surface area contributed by atoms with E-state index in [1.54, 1.807) is 0 Å². The number of nitrogens with zero attached hydrogens (tertiary/aromatic N) is 1. The lowest BCUT2D eigenvalue weighted by molar-refractivity contribution is 0.0210. The third-order valence-corrected chi connectivity index (χ3v) is 4.08. The lowest BCUT2D eigenvalue weighted by Gasteiger charge is -2.35. The molecule has 4 nitrogen and oxygen atoms in total. The Labute approximate surface area is 125 Å². The summed E-state index contributed by atoms with van der Waals surface area (Å²) in [6.45, 7) is 1.50. The molecule has 1 atom stereocenters. The van der Waals surface area contributed by atoms with Crippen molar-refractivity contribution >= 4 is 17.2 Å². The van der Waals surface area contributed by atoms with Crippen molar-refractivity contribution in [2.75, 3.05) is 20.1 Å². The van der Waals surface area contributed by atoms with Crippen molar-refractivity contribution in [1.29, 1.82) is 0 Å². The first-order valence-corrected chi connectivity index (χ1v) is 7.31. The van der Waals surface area contributed by atoms with Gasteiger partial charge in [-0.1, -0.05) is 36.5 Å². The van der Waals surface area contributed by atoms with Gasteiger partial charge in [-0.15, -0.1) is 0 Å². The first-order chi connectivity index (χ1) is 9.45. The summed E-state index contributed by atoms with van der Waals surface area (Å²) >= 11 is 4.90. The molecule has 1 aliphatic carbocycles. The molecule has 1 aromatic rings. The van der Waals surface area contributed by atoms with Crippen LogP contribution in [0.25, 0.3) is 0 Å². The molecule has 0 saturated heterocycles. The molecular weight excluding hydrogens is 272 g/mol. The van der Waals surface area contributed by atoms with Crippen molar-refractivity contribution in [2.45, 2.75) is 25.0 Å². The predicted octanol–water partition coefficient (Wildman–Crippen LogP) is 1.06. The maximum Gasteiger partial charge on any atom is 0.103 e. The van der Waals surface area contributed by atoms with Crippen LogP contribution < -0.4 is 5.73 Å². The normalized spacial score (nSPS) is 23.4. The van der Waals surface area contributed by atoms with Gasteiger partial charge in [-0.25, -0.2) is 0 Å². The Hall–Kier alpha value is -1.01. The Balaban J connectivity index is 1.84. The minimum absolute atomic E-state index is 0.119. The average molecular weight is 294 g/mol. The Morgan fingerprint density at radius 2 is 2.00 bits per heavy atom. The number of hydrogen-bond acceptors (Lipinski definition) is 4. The van der Waals surface area contributed by atoms with Gasteiger partial charge < -0.3 is 20.8 Å². The molecule has 2 rings (SSSR count). The van der Waals surface area contributed by atoms with Crippen LogP contribution in [-0.2, 0) is 0 Å². The molecular formula is C15H22N2O2S. The van der Waals surface area contributed by atoms with E-state index in [9.17, 15) is 10.2 Å². The molecule has 0 radical (unpaired) electrons. The number of benzene rings is 1. The molecule has 0 bridgehead atoms. The molecule has 0 spiro atoms. The highest BCUT2D eigenvalue weighted by Crippen LogP contribution is 2.28. The van der Waals surface area contributed by atoms with Crippen LogP contribution in [0, 0.1) is 5.92 Å². The van der Waals surface area contributed by atoms with E-state index in [0.717, 1.165) is 30.5 Å². The summed E-state index contributed by atoms with van der Waals surface area (Å²) in [7, 11) is 2.00. The molecule has 4 N–H and O–H groups in total. The highest BCUT2D eigenvalue weighted by molar-refractivity contribution is 7.80. The van der Waals surface area contributed by atoms with Gasteiger partial charge >= 0.3 is 0 Å². The highest BCUT2D eigenvalue weighted by Gasteiger charge is 2.28. The molecule has 0 aromatic heterocycles. The van der Waals surface area contributed by atoms with E-state index in [-0.39, 0.29) is 6.10 Å². The fraction of sp³-hybridized carbons (Fsp3) is 0.533. The minimum atomic E-state index is -0.523. The molecule has 1 unspecified atom stereocenters. The zero-order chi connectivity index (χ0) is 14.7. The van der Waals surface area contributed by atoms with Crippen LogP contribution in [0.3, 0.4) is 0 Å². The van der Waals surface area contributed by atoms with Gasteiger partial charge in [0, 0.05) is 18.7 Å². The second-order valence-corrected chi connectivity index (χ2v) is 6.15. The van der Waals surface area contributed by atoms with Crippen molar-refractivity contribution in [3.8, 4) is 0 Å². The second-order valence-electron chi connectivity index (χ2n) is 5.71. The van der Waals surface area contributed by atoms with Crippen molar-refractivity contribution in [1.82, 2.24) is 4.90 Å². The summed E-state index contributed by atoms with van der Waals surface area (Å²) < 4.78 is 0. The van der Waals surface area contributed by atoms with Crippen molar-refractivity contribution in [3.05, 3.63) is 35.4 Å². The molecule has 20 heavy (non-hydrogen) atoms. The highest BCUT2D eigenvalue weighted by atomic mass is 32.1. The monoisotopic (exact) mass is 294 g/mol. The van der Waals surface area contributed by atoms with Crippen LogP contribution in [0.1, 0.15) is 30.1 Å². The van der Waals surface area contributed by atoms with E-state index in [4.69, 9.17) is 18.0 Å². The number of thiocarbonyl (C=S) groups is 1. The Morgan fingerprint density at radius 3 is 2.50 bits per heavy atom. The zero-order valence-electron chi connectivity index (χ0n) is 11.7. The smallest absolute Gasteiger partial charge is 0.103 e. The SMILES string of the molecule is CN(CC1CC(O)C1)CC(O)c1ccc(C(N)=S)cc1. The van der Waals surface area contributed by atoms with Crippen LogP contribution in [0.15, 0.2) is 24.3 Å². The lowest BCUT2D eigenvalue weighted by atomic mass is 9.82. The van der Waals surface area contributed by atoms with Crippen LogP contribution in [0.4, 0.5) is 0 Å². The van der Waals surface area contributed by atoms with E-state index >= 15 is 0 Å². The number of hydrogen-bond donors (Lipinski definition) is 3. The molecule has 5 heteroatoms. The Bertz CT molecular complexity index is 457. The van der Waals surface area contributed by atoms with Crippen molar-refractivity contribution in [2.24, 2.45) is 11.7 Å². The zero-order valence-corrected chi connectivity index (χ0v) is 12.5. The van der Waals surface area contributed by atoms with E-state index in [1.807, 2.05) is 31.3 Å². The summed E-state index contributed by atoms with van der Waals surface area (Å²) in [5, 5.41) is 19.5. The van der Waals surface area contributed by atoms with Crippen LogP contribution in [0.5, 0.6) is 0 Å². The summed E-state index contributed by atoms with van der Waals surface area (Å²) in [6, 6.07) is 7.40. The van der Waals surface area contributed by atoms with Gasteiger partial charge in [-0.3, -0.25) is 0 Å². The summed E-state index contributed by atoms with van der Waals surface area (Å²) in [5.41, 5.74) is 7.23. The van der Waals surface area contributed by atoms with E-state index in [1.165, 1.54) is 0 Å². The fourth-order valence-electron chi connectivity index (χ4n) is 2.64. The Kier molecular flexibility index (Phi) is 5.10. The van der Waals surface area contributed by atoms with Crippen LogP contribution >= 0.6 is 12.2 Å². The minimum Gasteiger partial charge on any atom is -0.393 e. The molecule has 1 fully saturated rings. The van der Waals surface area contributed by atoms with Crippen LogP contribution in [0.2, 0.25) is 0 Å².